The molecule has 0 bridgehead atoms. The quantitative estimate of drug-likeness (QED) is 0.635. The molecule has 1 N–H and O–H groups in total. The van der Waals surface area contributed by atoms with Crippen molar-refractivity contribution in [2.45, 2.75) is 12.1 Å². The van der Waals surface area contributed by atoms with Crippen molar-refractivity contribution in [3.63, 3.8) is 0 Å². The number of carbonyl (C=O) groups is 2. The van der Waals surface area contributed by atoms with Crippen LogP contribution in [0, 0.1) is 11.7 Å². The van der Waals surface area contributed by atoms with Gasteiger partial charge in [-0.1, -0.05) is 24.3 Å². The predicted molar refractivity (Wildman–Crippen MR) is 91.4 cm³/mol. The van der Waals surface area contributed by atoms with Crippen LogP contribution >= 0.6 is 0 Å². The minimum Gasteiger partial charge on any atom is -0.323 e. The van der Waals surface area contributed by atoms with Crippen molar-refractivity contribution in [1.82, 2.24) is 5.06 Å². The monoisotopic (exact) mass is 396 g/mol. The Hall–Kier alpha value is -2.94. The first-order chi connectivity index (χ1) is 13.2. The molecule has 0 radical (unpaired) electrons. The van der Waals surface area contributed by atoms with Crippen LogP contribution in [-0.4, -0.2) is 30.5 Å². The van der Waals surface area contributed by atoms with Crippen molar-refractivity contribution < 1.29 is 32.0 Å². The van der Waals surface area contributed by atoms with Gasteiger partial charge in [0, 0.05) is 5.92 Å². The van der Waals surface area contributed by atoms with Gasteiger partial charge in [0.05, 0.1) is 24.9 Å². The summed E-state index contributed by atoms with van der Waals surface area (Å²) in [5.41, 5.74) is -0.562. The molecule has 1 aliphatic heterocycles. The van der Waals surface area contributed by atoms with E-state index in [2.05, 4.69) is 5.32 Å². The molecule has 9 heteroatoms. The minimum absolute atomic E-state index is 0.0178. The Balaban J connectivity index is 1.89. The Labute approximate surface area is 157 Å². The summed E-state index contributed by atoms with van der Waals surface area (Å²) in [6.45, 7) is -0.0178. The van der Waals surface area contributed by atoms with Crippen molar-refractivity contribution in [1.29, 1.82) is 0 Å². The van der Waals surface area contributed by atoms with Gasteiger partial charge in [-0.05, 0) is 29.8 Å². The summed E-state index contributed by atoms with van der Waals surface area (Å²) in [7, 11) is 1.25. The molecule has 0 aromatic heterocycles. The van der Waals surface area contributed by atoms with Gasteiger partial charge >= 0.3 is 6.18 Å². The number of anilines is 1. The van der Waals surface area contributed by atoms with Gasteiger partial charge in [0.1, 0.15) is 11.7 Å². The van der Waals surface area contributed by atoms with Crippen LogP contribution < -0.4 is 5.32 Å². The zero-order chi connectivity index (χ0) is 20.5. The number of halogens is 4. The number of amides is 2. The maximum atomic E-state index is 13.8. The number of hydrogen-bond acceptors (Lipinski definition) is 3. The molecule has 0 unspecified atom stereocenters. The molecule has 5 nitrogen and oxygen atoms in total. The van der Waals surface area contributed by atoms with Gasteiger partial charge in [-0.25, -0.2) is 9.45 Å². The van der Waals surface area contributed by atoms with E-state index in [1.807, 2.05) is 0 Å². The highest BCUT2D eigenvalue weighted by atomic mass is 19.4. The van der Waals surface area contributed by atoms with Crippen LogP contribution in [0.25, 0.3) is 0 Å². The van der Waals surface area contributed by atoms with Gasteiger partial charge in [-0.15, -0.1) is 0 Å². The molecule has 148 valence electrons. The van der Waals surface area contributed by atoms with Crippen LogP contribution in [0.3, 0.4) is 0 Å². The second-order valence-electron chi connectivity index (χ2n) is 6.25. The average Bonchev–Trinajstić information content (AvgIpc) is 2.99. The van der Waals surface area contributed by atoms with Crippen LogP contribution in [0.4, 0.5) is 23.2 Å². The molecule has 2 atom stereocenters. The van der Waals surface area contributed by atoms with E-state index in [1.54, 1.807) is 0 Å². The minimum atomic E-state index is -4.50. The largest absolute Gasteiger partial charge is 0.416 e. The van der Waals surface area contributed by atoms with Crippen LogP contribution in [0.5, 0.6) is 0 Å². The molecule has 1 saturated heterocycles. The fourth-order valence-corrected chi connectivity index (χ4v) is 3.15. The first-order valence-corrected chi connectivity index (χ1v) is 8.30. The first kappa shape index (κ1) is 19.8. The first-order valence-electron chi connectivity index (χ1n) is 8.30. The Kier molecular flexibility index (Phi) is 5.37. The van der Waals surface area contributed by atoms with Gasteiger partial charge in [-0.2, -0.15) is 13.2 Å². The summed E-state index contributed by atoms with van der Waals surface area (Å²) in [4.78, 5) is 30.2. The summed E-state index contributed by atoms with van der Waals surface area (Å²) in [6, 6.07) is 9.69. The van der Waals surface area contributed by atoms with Gasteiger partial charge in [0.15, 0.2) is 0 Å². The maximum Gasteiger partial charge on any atom is 0.416 e. The van der Waals surface area contributed by atoms with E-state index in [1.165, 1.54) is 37.4 Å². The molecule has 2 aromatic carbocycles. The number of hydroxylamine groups is 2. The van der Waals surface area contributed by atoms with E-state index in [0.717, 1.165) is 23.3 Å². The fourth-order valence-electron chi connectivity index (χ4n) is 3.15. The highest BCUT2D eigenvalue weighted by Gasteiger charge is 2.46. The van der Waals surface area contributed by atoms with E-state index >= 15 is 0 Å². The summed E-state index contributed by atoms with van der Waals surface area (Å²) in [6.07, 6.45) is -4.50. The molecule has 2 aromatic rings. The van der Waals surface area contributed by atoms with Crippen LogP contribution in [-0.2, 0) is 20.6 Å². The lowest BCUT2D eigenvalue weighted by atomic mass is 9.87. The van der Waals surface area contributed by atoms with E-state index in [9.17, 15) is 27.2 Å². The Bertz CT molecular complexity index is 883. The molecule has 0 aliphatic carbocycles. The standard InChI is InChI=1S/C19H16F4N2O3/c1-28-25-10-13(11-6-8-12(9-7-11)19(21,22)23)16(18(25)27)17(26)24-15-5-3-2-4-14(15)20/h2-9,13,16H,10H2,1H3,(H,24,26)/t13-,16+/m1/s1. The average molecular weight is 396 g/mol. The summed E-state index contributed by atoms with van der Waals surface area (Å²) >= 11 is 0. The lowest BCUT2D eigenvalue weighted by Crippen LogP contribution is -2.33. The van der Waals surface area contributed by atoms with Crippen molar-refractivity contribution >= 4 is 17.5 Å². The third-order valence-electron chi connectivity index (χ3n) is 4.58. The van der Waals surface area contributed by atoms with E-state index in [0.29, 0.717) is 5.56 Å². The second-order valence-corrected chi connectivity index (χ2v) is 6.25. The third-order valence-corrected chi connectivity index (χ3v) is 4.58. The fraction of sp³-hybridized carbons (Fsp3) is 0.263. The summed E-state index contributed by atoms with van der Waals surface area (Å²) in [5, 5.41) is 3.33. The van der Waals surface area contributed by atoms with Gasteiger partial charge in [-0.3, -0.25) is 14.4 Å². The molecule has 0 spiro atoms. The van der Waals surface area contributed by atoms with Crippen molar-refractivity contribution in [3.05, 3.63) is 65.5 Å². The SMILES string of the molecule is CON1C[C@H](c2ccc(C(F)(F)F)cc2)[C@@H](C(=O)Nc2ccccc2F)C1=O. The van der Waals surface area contributed by atoms with E-state index in [-0.39, 0.29) is 12.2 Å². The van der Waals surface area contributed by atoms with Gasteiger partial charge < -0.3 is 5.32 Å². The van der Waals surface area contributed by atoms with Crippen molar-refractivity contribution in [2.75, 3.05) is 19.0 Å². The number of carbonyl (C=O) groups excluding carboxylic acids is 2. The highest BCUT2D eigenvalue weighted by molar-refractivity contribution is 6.08. The molecular formula is C19H16F4N2O3. The number of alkyl halides is 3. The van der Waals surface area contributed by atoms with Crippen molar-refractivity contribution in [3.8, 4) is 0 Å². The molecule has 2 amide bonds. The summed E-state index contributed by atoms with van der Waals surface area (Å²) < 4.78 is 52.1. The predicted octanol–water partition coefficient (Wildman–Crippen LogP) is 3.59. The van der Waals surface area contributed by atoms with Crippen molar-refractivity contribution in [2.24, 2.45) is 5.92 Å². The molecule has 1 heterocycles. The van der Waals surface area contributed by atoms with Crippen LogP contribution in [0.1, 0.15) is 17.0 Å². The molecular weight excluding hydrogens is 380 g/mol. The zero-order valence-corrected chi connectivity index (χ0v) is 14.7. The number of benzene rings is 2. The number of nitrogens with one attached hydrogen (secondary N) is 1. The molecule has 1 aliphatic rings. The van der Waals surface area contributed by atoms with E-state index < -0.39 is 41.2 Å². The molecule has 3 rings (SSSR count). The van der Waals surface area contributed by atoms with Gasteiger partial charge in [0.25, 0.3) is 5.91 Å². The van der Waals surface area contributed by atoms with Crippen LogP contribution in [0.2, 0.25) is 0 Å². The Morgan fingerprint density at radius 3 is 2.36 bits per heavy atom. The maximum absolute atomic E-state index is 13.8. The molecule has 28 heavy (non-hydrogen) atoms. The topological polar surface area (TPSA) is 58.6 Å². The molecule has 1 fully saturated rings. The number of rotatable bonds is 4. The lowest BCUT2D eigenvalue weighted by Gasteiger charge is -2.17. The number of para-hydroxylation sites is 1. The van der Waals surface area contributed by atoms with Gasteiger partial charge in [0.2, 0.25) is 5.91 Å². The second kappa shape index (κ2) is 7.59. The third kappa shape index (κ3) is 3.84. The number of nitrogens with zero attached hydrogens (tertiary/aromatic N) is 1. The molecule has 0 saturated carbocycles. The van der Waals surface area contributed by atoms with E-state index in [4.69, 9.17) is 4.84 Å². The Morgan fingerprint density at radius 1 is 1.14 bits per heavy atom. The Morgan fingerprint density at radius 2 is 1.79 bits per heavy atom. The normalized spacial score (nSPS) is 19.8. The summed E-state index contributed by atoms with van der Waals surface area (Å²) in [5.74, 6) is -4.10. The smallest absolute Gasteiger partial charge is 0.323 e. The zero-order valence-electron chi connectivity index (χ0n) is 14.7. The lowest BCUT2D eigenvalue weighted by molar-refractivity contribution is -0.170. The highest BCUT2D eigenvalue weighted by Crippen LogP contribution is 2.36. The number of hydrogen-bond donors (Lipinski definition) is 1. The van der Waals surface area contributed by atoms with Crippen LogP contribution in [0.15, 0.2) is 48.5 Å².